The van der Waals surface area contributed by atoms with Gasteiger partial charge in [-0.05, 0) is 30.3 Å². The van der Waals surface area contributed by atoms with Crippen LogP contribution in [0.1, 0.15) is 0 Å². The zero-order valence-corrected chi connectivity index (χ0v) is 12.9. The summed E-state index contributed by atoms with van der Waals surface area (Å²) in [6, 6.07) is 20.1. The molecule has 0 saturated heterocycles. The van der Waals surface area contributed by atoms with Crippen LogP contribution in [0.3, 0.4) is 0 Å². The molecule has 0 fully saturated rings. The van der Waals surface area contributed by atoms with Gasteiger partial charge in [-0.15, -0.1) is 0 Å². The highest BCUT2D eigenvalue weighted by Crippen LogP contribution is 2.51. The highest BCUT2D eigenvalue weighted by molar-refractivity contribution is 8.08. The van der Waals surface area contributed by atoms with E-state index in [9.17, 15) is 4.79 Å². The molecule has 0 spiro atoms. The highest BCUT2D eigenvalue weighted by Gasteiger charge is 2.35. The predicted molar refractivity (Wildman–Crippen MR) is 90.8 cm³/mol. The molecule has 0 atom stereocenters. The van der Waals surface area contributed by atoms with Gasteiger partial charge in [0.1, 0.15) is 0 Å². The van der Waals surface area contributed by atoms with Crippen molar-refractivity contribution in [3.05, 3.63) is 72.8 Å². The van der Waals surface area contributed by atoms with Crippen LogP contribution in [0.5, 0.6) is 0 Å². The van der Waals surface area contributed by atoms with Gasteiger partial charge < -0.3 is 4.74 Å². The van der Waals surface area contributed by atoms with Crippen LogP contribution in [0.2, 0.25) is 0 Å². The number of benzene rings is 2. The smallest absolute Gasteiger partial charge is 0.377 e. The SMILES string of the molecule is [B][P+](C/C=C/C(=O)OC)(c1ccccc1)c1ccccc1. The Balaban J connectivity index is 2.36. The third kappa shape index (κ3) is 3.83. The summed E-state index contributed by atoms with van der Waals surface area (Å²) < 4.78 is 4.62. The summed E-state index contributed by atoms with van der Waals surface area (Å²) in [6.45, 7) is 0. The fourth-order valence-electron chi connectivity index (χ4n) is 2.13. The van der Waals surface area contributed by atoms with Gasteiger partial charge in [0.2, 0.25) is 0 Å². The molecule has 4 heteroatoms. The van der Waals surface area contributed by atoms with Crippen LogP contribution in [0.4, 0.5) is 0 Å². The summed E-state index contributed by atoms with van der Waals surface area (Å²) >= 11 is 0. The van der Waals surface area contributed by atoms with E-state index >= 15 is 0 Å². The lowest BCUT2D eigenvalue weighted by atomic mass is 10.4. The van der Waals surface area contributed by atoms with Crippen molar-refractivity contribution < 1.29 is 9.53 Å². The molecule has 0 aliphatic rings. The minimum Gasteiger partial charge on any atom is -0.466 e. The first kappa shape index (κ1) is 15.5. The molecule has 0 N–H and O–H groups in total. The fourth-order valence-corrected chi connectivity index (χ4v) is 4.70. The van der Waals surface area contributed by atoms with Crippen molar-refractivity contribution in [2.75, 3.05) is 13.3 Å². The first-order valence-corrected chi connectivity index (χ1v) is 8.73. The third-order valence-corrected chi connectivity index (χ3v) is 6.51. The number of methoxy groups -OCH3 is 1. The van der Waals surface area contributed by atoms with Crippen molar-refractivity contribution >= 4 is 31.3 Å². The Morgan fingerprint density at radius 2 is 1.52 bits per heavy atom. The van der Waals surface area contributed by atoms with E-state index in [2.05, 4.69) is 4.74 Å². The lowest BCUT2D eigenvalue weighted by Crippen LogP contribution is -2.24. The number of carbonyl (C=O) groups is 1. The van der Waals surface area contributed by atoms with Crippen molar-refractivity contribution in [2.24, 2.45) is 0 Å². The molecule has 0 aliphatic heterocycles. The summed E-state index contributed by atoms with van der Waals surface area (Å²) in [5.74, 6) is -0.359. The molecule has 2 nitrogen and oxygen atoms in total. The fraction of sp³-hybridized carbons (Fsp3) is 0.118. The second kappa shape index (κ2) is 7.24. The van der Waals surface area contributed by atoms with Gasteiger partial charge in [0.25, 0.3) is 0 Å². The van der Waals surface area contributed by atoms with Gasteiger partial charge >= 0.3 is 13.5 Å². The first-order chi connectivity index (χ1) is 10.2. The summed E-state index contributed by atoms with van der Waals surface area (Å²) in [6.07, 6.45) is 3.86. The molecule has 0 aromatic heterocycles. The molecule has 0 saturated carbocycles. The van der Waals surface area contributed by atoms with Crippen molar-refractivity contribution in [1.82, 2.24) is 0 Å². The van der Waals surface area contributed by atoms with E-state index in [1.165, 1.54) is 13.2 Å². The van der Waals surface area contributed by atoms with Crippen LogP contribution in [-0.4, -0.2) is 26.8 Å². The maximum atomic E-state index is 11.2. The normalized spacial score (nSPS) is 11.5. The number of hydrogen-bond donors (Lipinski definition) is 0. The summed E-state index contributed by atoms with van der Waals surface area (Å²) in [5.41, 5.74) is 0. The van der Waals surface area contributed by atoms with Crippen LogP contribution < -0.4 is 10.6 Å². The lowest BCUT2D eigenvalue weighted by molar-refractivity contribution is -0.134. The number of carbonyl (C=O) groups excluding carboxylic acids is 1. The second-order valence-corrected chi connectivity index (χ2v) is 7.78. The minimum absolute atomic E-state index is 0.359. The van der Waals surface area contributed by atoms with Crippen molar-refractivity contribution in [3.8, 4) is 0 Å². The van der Waals surface area contributed by atoms with Gasteiger partial charge in [-0.25, -0.2) is 4.79 Å². The minimum atomic E-state index is -2.04. The zero-order chi connectivity index (χ0) is 15.1. The Labute approximate surface area is 127 Å². The van der Waals surface area contributed by atoms with E-state index in [0.717, 1.165) is 10.6 Å². The zero-order valence-electron chi connectivity index (χ0n) is 12.0. The number of ether oxygens (including phenoxy) is 1. The van der Waals surface area contributed by atoms with E-state index in [4.69, 9.17) is 7.57 Å². The quantitative estimate of drug-likeness (QED) is 0.366. The van der Waals surface area contributed by atoms with E-state index in [-0.39, 0.29) is 5.97 Å². The number of rotatable bonds is 5. The summed E-state index contributed by atoms with van der Waals surface area (Å²) in [4.78, 5) is 11.2. The third-order valence-electron chi connectivity index (χ3n) is 3.28. The molecule has 0 heterocycles. The van der Waals surface area contributed by atoms with Crippen molar-refractivity contribution in [2.45, 2.75) is 0 Å². The molecule has 21 heavy (non-hydrogen) atoms. The van der Waals surface area contributed by atoms with Gasteiger partial charge in [-0.2, -0.15) is 0 Å². The van der Waals surface area contributed by atoms with E-state index in [0.29, 0.717) is 6.16 Å². The Hall–Kier alpha value is -1.86. The predicted octanol–water partition coefficient (Wildman–Crippen LogP) is 2.47. The van der Waals surface area contributed by atoms with Gasteiger partial charge in [0, 0.05) is 13.2 Å². The molecular formula is C17H17BO2P+. The lowest BCUT2D eigenvalue weighted by Gasteiger charge is -2.22. The van der Waals surface area contributed by atoms with Crippen LogP contribution in [0.25, 0.3) is 0 Å². The molecule has 2 aromatic carbocycles. The van der Waals surface area contributed by atoms with Gasteiger partial charge in [-0.1, -0.05) is 36.4 Å². The molecule has 0 bridgehead atoms. The number of hydrogen-bond acceptors (Lipinski definition) is 2. The van der Waals surface area contributed by atoms with Crippen molar-refractivity contribution in [3.63, 3.8) is 0 Å². The molecule has 104 valence electrons. The standard InChI is InChI=1S/C17H17BO2P/c1-20-17(19)13-8-14-21(18,15-9-4-2-5-10-15)16-11-6-3-7-12-16/h2-13H,14H2,1H3/q+1/b13-8+. The average Bonchev–Trinajstić information content (AvgIpc) is 2.56. The monoisotopic (exact) mass is 295 g/mol. The second-order valence-electron chi connectivity index (χ2n) is 4.65. The topological polar surface area (TPSA) is 26.3 Å². The number of allylic oxidation sites excluding steroid dienone is 1. The molecule has 0 aliphatic carbocycles. The molecule has 2 aromatic rings. The van der Waals surface area contributed by atoms with Crippen LogP contribution >= 0.6 is 7.14 Å². The molecule has 0 unspecified atom stereocenters. The Morgan fingerprint density at radius 3 is 1.95 bits per heavy atom. The van der Waals surface area contributed by atoms with Gasteiger partial charge in [0.05, 0.1) is 23.9 Å². The van der Waals surface area contributed by atoms with Crippen LogP contribution in [0.15, 0.2) is 72.8 Å². The average molecular weight is 295 g/mol. The van der Waals surface area contributed by atoms with Crippen LogP contribution in [0, 0.1) is 0 Å². The molecular weight excluding hydrogens is 278 g/mol. The van der Waals surface area contributed by atoms with Gasteiger partial charge in [0.15, 0.2) is 0 Å². The van der Waals surface area contributed by atoms with E-state index in [1.807, 2.05) is 60.7 Å². The number of esters is 1. The molecule has 2 rings (SSSR count). The van der Waals surface area contributed by atoms with Crippen LogP contribution in [-0.2, 0) is 9.53 Å². The highest BCUT2D eigenvalue weighted by atomic mass is 31.2. The Morgan fingerprint density at radius 1 is 1.05 bits per heavy atom. The Bertz CT molecular complexity index is 572. The van der Waals surface area contributed by atoms with E-state index < -0.39 is 7.14 Å². The summed E-state index contributed by atoms with van der Waals surface area (Å²) in [7, 11) is 6.11. The summed E-state index contributed by atoms with van der Waals surface area (Å²) in [5, 5.41) is 2.23. The van der Waals surface area contributed by atoms with Crippen molar-refractivity contribution in [1.29, 1.82) is 0 Å². The molecule has 2 radical (unpaired) electrons. The van der Waals surface area contributed by atoms with Gasteiger partial charge in [-0.3, -0.25) is 0 Å². The Kier molecular flexibility index (Phi) is 5.35. The largest absolute Gasteiger partial charge is 0.466 e. The maximum Gasteiger partial charge on any atom is 0.377 e. The molecule has 0 amide bonds. The first-order valence-electron chi connectivity index (χ1n) is 6.69. The van der Waals surface area contributed by atoms with E-state index in [1.54, 1.807) is 6.08 Å². The maximum absolute atomic E-state index is 11.2.